The Hall–Kier alpha value is -0.860. The predicted octanol–water partition coefficient (Wildman–Crippen LogP) is 3.52. The van der Waals surface area contributed by atoms with Gasteiger partial charge in [0.2, 0.25) is 0 Å². The van der Waals surface area contributed by atoms with Gasteiger partial charge in [0, 0.05) is 12.1 Å². The second kappa shape index (κ2) is 8.43. The minimum Gasteiger partial charge on any atom is -0.328 e. The van der Waals surface area contributed by atoms with E-state index < -0.39 is 0 Å². The summed E-state index contributed by atoms with van der Waals surface area (Å²) < 4.78 is 0. The number of hydrogen-bond acceptors (Lipinski definition) is 2. The van der Waals surface area contributed by atoms with Crippen LogP contribution < -0.4 is 11.5 Å². The molecule has 0 heterocycles. The van der Waals surface area contributed by atoms with Crippen molar-refractivity contribution in [2.45, 2.75) is 65.5 Å². The summed E-state index contributed by atoms with van der Waals surface area (Å²) in [4.78, 5) is 0. The lowest BCUT2D eigenvalue weighted by Crippen LogP contribution is -2.20. The maximum atomic E-state index is 5.91. The summed E-state index contributed by atoms with van der Waals surface area (Å²) in [5.74, 6) is 1.28. The van der Waals surface area contributed by atoms with Gasteiger partial charge in [-0.1, -0.05) is 38.1 Å². The molecule has 0 amide bonds. The smallest absolute Gasteiger partial charge is 0.00131 e. The molecule has 4 N–H and O–H groups in total. The fourth-order valence-corrected chi connectivity index (χ4v) is 3.14. The summed E-state index contributed by atoms with van der Waals surface area (Å²) in [6.07, 6.45) is 4.43. The summed E-state index contributed by atoms with van der Waals surface area (Å²) in [5, 5.41) is 0. The van der Waals surface area contributed by atoms with Gasteiger partial charge in [-0.05, 0) is 62.5 Å². The molecular formula is C18H32N2. The van der Waals surface area contributed by atoms with Gasteiger partial charge in [-0.2, -0.15) is 0 Å². The second-order valence-corrected chi connectivity index (χ2v) is 6.81. The van der Waals surface area contributed by atoms with Gasteiger partial charge in [0.25, 0.3) is 0 Å². The number of nitrogens with two attached hydrogens (primary N) is 2. The SMILES string of the molecule is CC(N)CC(C)Cc1ccccc1CC(C)CC(C)N. The van der Waals surface area contributed by atoms with Crippen LogP contribution >= 0.6 is 0 Å². The van der Waals surface area contributed by atoms with E-state index in [-0.39, 0.29) is 12.1 Å². The molecule has 0 aromatic heterocycles. The molecule has 0 aliphatic carbocycles. The van der Waals surface area contributed by atoms with Crippen molar-refractivity contribution in [2.75, 3.05) is 0 Å². The number of rotatable bonds is 8. The van der Waals surface area contributed by atoms with Crippen molar-refractivity contribution in [2.24, 2.45) is 23.3 Å². The molecule has 0 bridgehead atoms. The number of hydrogen-bond donors (Lipinski definition) is 2. The fourth-order valence-electron chi connectivity index (χ4n) is 3.14. The molecule has 1 rings (SSSR count). The van der Waals surface area contributed by atoms with Crippen molar-refractivity contribution in [3.05, 3.63) is 35.4 Å². The highest BCUT2D eigenvalue weighted by molar-refractivity contribution is 5.28. The van der Waals surface area contributed by atoms with Crippen molar-refractivity contribution in [3.63, 3.8) is 0 Å². The van der Waals surface area contributed by atoms with Crippen LogP contribution in [-0.2, 0) is 12.8 Å². The van der Waals surface area contributed by atoms with E-state index in [9.17, 15) is 0 Å². The molecule has 1 aromatic rings. The lowest BCUT2D eigenvalue weighted by Gasteiger charge is -2.19. The van der Waals surface area contributed by atoms with E-state index >= 15 is 0 Å². The molecule has 0 spiro atoms. The van der Waals surface area contributed by atoms with Gasteiger partial charge in [-0.15, -0.1) is 0 Å². The molecule has 4 atom stereocenters. The first-order chi connectivity index (χ1) is 9.38. The van der Waals surface area contributed by atoms with Gasteiger partial charge in [-0.3, -0.25) is 0 Å². The molecule has 114 valence electrons. The van der Waals surface area contributed by atoms with E-state index in [0.717, 1.165) is 25.7 Å². The Balaban J connectivity index is 2.67. The molecule has 1 aromatic carbocycles. The first-order valence-corrected chi connectivity index (χ1v) is 7.96. The van der Waals surface area contributed by atoms with Crippen molar-refractivity contribution < 1.29 is 0 Å². The van der Waals surface area contributed by atoms with E-state index in [2.05, 4.69) is 52.0 Å². The summed E-state index contributed by atoms with van der Waals surface area (Å²) >= 11 is 0. The maximum absolute atomic E-state index is 5.91. The Kier molecular flexibility index (Phi) is 7.25. The summed E-state index contributed by atoms with van der Waals surface area (Å²) in [6.45, 7) is 8.78. The van der Waals surface area contributed by atoms with Crippen LogP contribution in [0.5, 0.6) is 0 Å². The topological polar surface area (TPSA) is 52.0 Å². The lowest BCUT2D eigenvalue weighted by atomic mass is 9.88. The van der Waals surface area contributed by atoms with Crippen molar-refractivity contribution in [3.8, 4) is 0 Å². The van der Waals surface area contributed by atoms with Crippen molar-refractivity contribution in [1.82, 2.24) is 0 Å². The third-order valence-corrected chi connectivity index (χ3v) is 3.80. The van der Waals surface area contributed by atoms with Crippen LogP contribution in [0.2, 0.25) is 0 Å². The van der Waals surface area contributed by atoms with E-state index in [1.54, 1.807) is 0 Å². The highest BCUT2D eigenvalue weighted by atomic mass is 14.6. The molecule has 0 fully saturated rings. The van der Waals surface area contributed by atoms with Crippen LogP contribution in [0.15, 0.2) is 24.3 Å². The van der Waals surface area contributed by atoms with Crippen molar-refractivity contribution >= 4 is 0 Å². The van der Waals surface area contributed by atoms with Gasteiger partial charge in [0.05, 0.1) is 0 Å². The minimum absolute atomic E-state index is 0.286. The van der Waals surface area contributed by atoms with Crippen LogP contribution in [0.25, 0.3) is 0 Å². The quantitative estimate of drug-likeness (QED) is 0.763. The van der Waals surface area contributed by atoms with Crippen LogP contribution in [-0.4, -0.2) is 12.1 Å². The zero-order valence-electron chi connectivity index (χ0n) is 13.6. The molecule has 0 saturated heterocycles. The normalized spacial score (nSPS) is 17.5. The molecule has 0 radical (unpaired) electrons. The zero-order chi connectivity index (χ0) is 15.1. The Morgan fingerprint density at radius 3 is 1.40 bits per heavy atom. The van der Waals surface area contributed by atoms with Crippen LogP contribution in [0.1, 0.15) is 51.7 Å². The van der Waals surface area contributed by atoms with Gasteiger partial charge in [0.1, 0.15) is 0 Å². The Morgan fingerprint density at radius 2 is 1.10 bits per heavy atom. The number of benzene rings is 1. The second-order valence-electron chi connectivity index (χ2n) is 6.81. The molecule has 4 unspecified atom stereocenters. The third-order valence-electron chi connectivity index (χ3n) is 3.80. The monoisotopic (exact) mass is 276 g/mol. The average Bonchev–Trinajstić information content (AvgIpc) is 2.29. The van der Waals surface area contributed by atoms with E-state index in [1.807, 2.05) is 0 Å². The molecular weight excluding hydrogens is 244 g/mol. The first kappa shape index (κ1) is 17.2. The van der Waals surface area contributed by atoms with Crippen molar-refractivity contribution in [1.29, 1.82) is 0 Å². The predicted molar refractivity (Wildman–Crippen MR) is 88.7 cm³/mol. The third kappa shape index (κ3) is 6.53. The molecule has 0 aliphatic rings. The summed E-state index contributed by atoms with van der Waals surface area (Å²) in [5.41, 5.74) is 14.8. The molecule has 0 aliphatic heterocycles. The summed E-state index contributed by atoms with van der Waals surface area (Å²) in [7, 11) is 0. The molecule has 2 nitrogen and oxygen atoms in total. The zero-order valence-corrected chi connectivity index (χ0v) is 13.6. The van der Waals surface area contributed by atoms with Crippen LogP contribution in [0, 0.1) is 11.8 Å². The van der Waals surface area contributed by atoms with Gasteiger partial charge < -0.3 is 11.5 Å². The molecule has 20 heavy (non-hydrogen) atoms. The standard InChI is InChI=1S/C18H32N2/c1-13(9-15(3)19)11-17-7-5-6-8-18(17)12-14(2)10-16(4)20/h5-8,13-16H,9-12,19-20H2,1-4H3. The first-order valence-electron chi connectivity index (χ1n) is 7.96. The highest BCUT2D eigenvalue weighted by Crippen LogP contribution is 2.21. The molecule has 2 heteroatoms. The highest BCUT2D eigenvalue weighted by Gasteiger charge is 2.12. The average molecular weight is 276 g/mol. The Bertz CT molecular complexity index is 348. The maximum Gasteiger partial charge on any atom is 0.00131 e. The Labute approximate surface area is 124 Å². The van der Waals surface area contributed by atoms with E-state index in [1.165, 1.54) is 11.1 Å². The molecule has 0 saturated carbocycles. The summed E-state index contributed by atoms with van der Waals surface area (Å²) in [6, 6.07) is 9.40. The van der Waals surface area contributed by atoms with E-state index in [0.29, 0.717) is 11.8 Å². The van der Waals surface area contributed by atoms with E-state index in [4.69, 9.17) is 11.5 Å². The largest absolute Gasteiger partial charge is 0.328 e. The minimum atomic E-state index is 0.286. The van der Waals surface area contributed by atoms with Crippen LogP contribution in [0.3, 0.4) is 0 Å². The van der Waals surface area contributed by atoms with Crippen LogP contribution in [0.4, 0.5) is 0 Å². The van der Waals surface area contributed by atoms with Gasteiger partial charge in [0.15, 0.2) is 0 Å². The van der Waals surface area contributed by atoms with Gasteiger partial charge >= 0.3 is 0 Å². The Morgan fingerprint density at radius 1 is 0.750 bits per heavy atom. The van der Waals surface area contributed by atoms with Gasteiger partial charge in [-0.25, -0.2) is 0 Å². The fraction of sp³-hybridized carbons (Fsp3) is 0.667. The lowest BCUT2D eigenvalue weighted by molar-refractivity contribution is 0.465.